The lowest BCUT2D eigenvalue weighted by Crippen LogP contribution is -2.32. The fraction of sp³-hybridized carbons (Fsp3) is 0.529. The van der Waals surface area contributed by atoms with Gasteiger partial charge in [0, 0.05) is 6.04 Å². The molecule has 0 saturated heterocycles. The van der Waals surface area contributed by atoms with Crippen LogP contribution < -0.4 is 5.56 Å². The van der Waals surface area contributed by atoms with Crippen LogP contribution in [0.2, 0.25) is 0 Å². The first-order valence-corrected chi connectivity index (χ1v) is 8.24. The summed E-state index contributed by atoms with van der Waals surface area (Å²) in [5, 5.41) is 0.461. The molecule has 3 nitrogen and oxygen atoms in total. The fourth-order valence-electron chi connectivity index (χ4n) is 4.29. The lowest BCUT2D eigenvalue weighted by Gasteiger charge is -2.27. The molecule has 2 aromatic rings. The molecule has 2 saturated carbocycles. The summed E-state index contributed by atoms with van der Waals surface area (Å²) >= 11 is 6.34. The van der Waals surface area contributed by atoms with E-state index in [2.05, 4.69) is 0 Å². The third-order valence-corrected chi connectivity index (χ3v) is 5.42. The normalized spacial score (nSPS) is 29.1. The van der Waals surface area contributed by atoms with Crippen molar-refractivity contribution in [3.63, 3.8) is 0 Å². The highest BCUT2D eigenvalue weighted by atomic mass is 35.5. The summed E-state index contributed by atoms with van der Waals surface area (Å²) in [6.45, 7) is 1.90. The largest absolute Gasteiger partial charge is 0.291 e. The molecule has 4 rings (SSSR count). The number of rotatable bonds is 2. The topological polar surface area (TPSA) is 34.9 Å². The summed E-state index contributed by atoms with van der Waals surface area (Å²) in [7, 11) is 0. The van der Waals surface area contributed by atoms with Gasteiger partial charge >= 0.3 is 0 Å². The molecule has 2 bridgehead atoms. The van der Waals surface area contributed by atoms with Crippen LogP contribution >= 0.6 is 11.6 Å². The third kappa shape index (κ3) is 2.02. The van der Waals surface area contributed by atoms with Gasteiger partial charge in [0.2, 0.25) is 0 Å². The molecule has 2 aliphatic rings. The molecule has 1 aromatic carbocycles. The zero-order chi connectivity index (χ0) is 14.6. The van der Waals surface area contributed by atoms with Crippen molar-refractivity contribution in [2.75, 3.05) is 0 Å². The van der Waals surface area contributed by atoms with Crippen molar-refractivity contribution in [2.45, 2.75) is 44.0 Å². The second-order valence-electron chi connectivity index (χ2n) is 6.52. The van der Waals surface area contributed by atoms with Crippen molar-refractivity contribution in [1.82, 2.24) is 9.55 Å². The Morgan fingerprint density at radius 3 is 2.76 bits per heavy atom. The van der Waals surface area contributed by atoms with E-state index in [4.69, 9.17) is 16.6 Å². The summed E-state index contributed by atoms with van der Waals surface area (Å²) < 4.78 is 1.92. The third-order valence-electron chi connectivity index (χ3n) is 5.22. The smallest absolute Gasteiger partial charge is 0.261 e. The molecule has 4 atom stereocenters. The number of alkyl halides is 1. The van der Waals surface area contributed by atoms with Crippen molar-refractivity contribution in [3.05, 3.63) is 40.4 Å². The van der Waals surface area contributed by atoms with Gasteiger partial charge in [0.15, 0.2) is 0 Å². The van der Waals surface area contributed by atoms with E-state index in [1.165, 1.54) is 19.3 Å². The summed E-state index contributed by atoms with van der Waals surface area (Å²) in [4.78, 5) is 17.7. The van der Waals surface area contributed by atoms with Crippen molar-refractivity contribution in [2.24, 2.45) is 11.8 Å². The predicted octanol–water partition coefficient (Wildman–Crippen LogP) is 4.06. The van der Waals surface area contributed by atoms with Crippen molar-refractivity contribution < 1.29 is 0 Å². The minimum absolute atomic E-state index is 0.0839. The first-order chi connectivity index (χ1) is 10.1. The second kappa shape index (κ2) is 4.84. The molecule has 2 fully saturated rings. The van der Waals surface area contributed by atoms with Gasteiger partial charge in [-0.25, -0.2) is 4.98 Å². The number of hydrogen-bond acceptors (Lipinski definition) is 2. The van der Waals surface area contributed by atoms with Gasteiger partial charge in [-0.2, -0.15) is 0 Å². The molecule has 0 radical (unpaired) electrons. The quantitative estimate of drug-likeness (QED) is 0.784. The maximum Gasteiger partial charge on any atom is 0.261 e. The molecule has 1 heterocycles. The van der Waals surface area contributed by atoms with Crippen LogP contribution in [0.15, 0.2) is 29.1 Å². The van der Waals surface area contributed by atoms with Gasteiger partial charge in [0.1, 0.15) is 5.82 Å². The number of hydrogen-bond donors (Lipinski definition) is 0. The first-order valence-electron chi connectivity index (χ1n) is 7.80. The number of halogens is 1. The van der Waals surface area contributed by atoms with Gasteiger partial charge in [-0.05, 0) is 50.2 Å². The predicted molar refractivity (Wildman–Crippen MR) is 84.8 cm³/mol. The number of fused-ring (bicyclic) bond motifs is 3. The molecule has 4 heteroatoms. The average Bonchev–Trinajstić information content (AvgIpc) is 3.09. The summed E-state index contributed by atoms with van der Waals surface area (Å²) in [5.74, 6) is 2.15. The van der Waals surface area contributed by atoms with Crippen LogP contribution in [0, 0.1) is 11.8 Å². The maximum atomic E-state index is 13.0. The standard InChI is InChI=1S/C17H19ClN2O/c1-10(18)16-19-14-5-3-2-4-13(14)17(21)20(16)15-9-11-6-7-12(15)8-11/h2-5,10-12,15H,6-9H2,1H3. The van der Waals surface area contributed by atoms with Gasteiger partial charge < -0.3 is 0 Å². The number of benzene rings is 1. The van der Waals surface area contributed by atoms with Crippen molar-refractivity contribution in [3.8, 4) is 0 Å². The van der Waals surface area contributed by atoms with Gasteiger partial charge in [-0.1, -0.05) is 18.6 Å². The second-order valence-corrected chi connectivity index (χ2v) is 7.18. The Kier molecular flexibility index (Phi) is 3.07. The molecule has 4 unspecified atom stereocenters. The molecular weight excluding hydrogens is 284 g/mol. The van der Waals surface area contributed by atoms with Gasteiger partial charge in [0.05, 0.1) is 16.3 Å². The van der Waals surface area contributed by atoms with E-state index in [0.717, 1.165) is 23.7 Å². The van der Waals surface area contributed by atoms with Gasteiger partial charge in [0.25, 0.3) is 5.56 Å². The number of nitrogens with zero attached hydrogens (tertiary/aromatic N) is 2. The minimum Gasteiger partial charge on any atom is -0.291 e. The zero-order valence-corrected chi connectivity index (χ0v) is 12.9. The maximum absolute atomic E-state index is 13.0. The summed E-state index contributed by atoms with van der Waals surface area (Å²) in [5.41, 5.74) is 0.838. The van der Waals surface area contributed by atoms with Gasteiger partial charge in [-0.3, -0.25) is 9.36 Å². The summed E-state index contributed by atoms with van der Waals surface area (Å²) in [6, 6.07) is 7.88. The number of aromatic nitrogens is 2. The monoisotopic (exact) mass is 302 g/mol. The fourth-order valence-corrected chi connectivity index (χ4v) is 4.45. The Balaban J connectivity index is 1.96. The molecule has 2 aliphatic carbocycles. The van der Waals surface area contributed by atoms with E-state index in [0.29, 0.717) is 17.3 Å². The first kappa shape index (κ1) is 13.3. The Morgan fingerprint density at radius 2 is 2.10 bits per heavy atom. The molecular formula is C17H19ClN2O. The Bertz CT molecular complexity index is 752. The van der Waals surface area contributed by atoms with Crippen LogP contribution in [-0.2, 0) is 0 Å². The van der Waals surface area contributed by atoms with E-state index in [1.54, 1.807) is 0 Å². The molecule has 0 N–H and O–H groups in total. The highest BCUT2D eigenvalue weighted by Gasteiger charge is 2.42. The molecule has 0 spiro atoms. The van der Waals surface area contributed by atoms with E-state index < -0.39 is 0 Å². The zero-order valence-electron chi connectivity index (χ0n) is 12.1. The van der Waals surface area contributed by atoms with E-state index in [9.17, 15) is 4.79 Å². The van der Waals surface area contributed by atoms with Crippen LogP contribution in [0.25, 0.3) is 10.9 Å². The molecule has 21 heavy (non-hydrogen) atoms. The van der Waals surface area contributed by atoms with E-state index in [-0.39, 0.29) is 10.9 Å². The van der Waals surface area contributed by atoms with Crippen LogP contribution in [0.3, 0.4) is 0 Å². The minimum atomic E-state index is -0.249. The lowest BCUT2D eigenvalue weighted by atomic mass is 9.94. The van der Waals surface area contributed by atoms with Crippen LogP contribution in [0.1, 0.15) is 49.9 Å². The van der Waals surface area contributed by atoms with Crippen molar-refractivity contribution >= 4 is 22.5 Å². The van der Waals surface area contributed by atoms with Gasteiger partial charge in [-0.15, -0.1) is 11.6 Å². The van der Waals surface area contributed by atoms with Crippen LogP contribution in [0.5, 0.6) is 0 Å². The Hall–Kier alpha value is -1.35. The number of para-hydroxylation sites is 1. The SMILES string of the molecule is CC(Cl)c1nc2ccccc2c(=O)n1C1CC2CCC1C2. The lowest BCUT2D eigenvalue weighted by molar-refractivity contribution is 0.314. The average molecular weight is 303 g/mol. The highest BCUT2D eigenvalue weighted by Crippen LogP contribution is 2.50. The Morgan fingerprint density at radius 1 is 1.29 bits per heavy atom. The van der Waals surface area contributed by atoms with Crippen LogP contribution in [0.4, 0.5) is 0 Å². The molecule has 110 valence electrons. The molecule has 0 amide bonds. The van der Waals surface area contributed by atoms with E-state index in [1.807, 2.05) is 35.8 Å². The molecule has 1 aromatic heterocycles. The summed E-state index contributed by atoms with van der Waals surface area (Å²) in [6.07, 6.45) is 4.94. The van der Waals surface area contributed by atoms with E-state index >= 15 is 0 Å². The Labute approximate surface area is 128 Å². The van der Waals surface area contributed by atoms with Crippen LogP contribution in [-0.4, -0.2) is 9.55 Å². The molecule has 0 aliphatic heterocycles. The van der Waals surface area contributed by atoms with Crippen molar-refractivity contribution in [1.29, 1.82) is 0 Å². The highest BCUT2D eigenvalue weighted by molar-refractivity contribution is 6.20.